The Bertz CT molecular complexity index is 674. The van der Waals surface area contributed by atoms with Crippen LogP contribution in [0, 0.1) is 0 Å². The van der Waals surface area contributed by atoms with Gasteiger partial charge in [-0.3, -0.25) is 0 Å². The molecule has 104 valence electrons. The molecule has 2 aromatic rings. The summed E-state index contributed by atoms with van der Waals surface area (Å²) in [5, 5.41) is 12.5. The molecule has 1 aromatic carbocycles. The molecule has 1 aliphatic heterocycles. The van der Waals surface area contributed by atoms with Crippen LogP contribution in [-0.4, -0.2) is 23.0 Å². The van der Waals surface area contributed by atoms with Crippen LogP contribution < -0.4 is 9.47 Å². The molecule has 0 atom stereocenters. The summed E-state index contributed by atoms with van der Waals surface area (Å²) in [6.45, 7) is 4.26. The highest BCUT2D eigenvalue weighted by molar-refractivity contribution is 5.86. The minimum Gasteiger partial charge on any atom is -0.476 e. The highest BCUT2D eigenvalue weighted by atomic mass is 16.7. The third-order valence-electron chi connectivity index (χ3n) is 3.16. The maximum Gasteiger partial charge on any atom is 0.358 e. The fourth-order valence-electron chi connectivity index (χ4n) is 2.15. The Morgan fingerprint density at radius 1 is 1.25 bits per heavy atom. The molecule has 0 saturated heterocycles. The van der Waals surface area contributed by atoms with Gasteiger partial charge in [-0.2, -0.15) is 0 Å². The van der Waals surface area contributed by atoms with Crippen LogP contribution in [0.5, 0.6) is 11.5 Å². The zero-order chi connectivity index (χ0) is 14.3. The van der Waals surface area contributed by atoms with Crippen LogP contribution in [0.25, 0.3) is 11.3 Å². The predicted octanol–water partition coefficient (Wildman–Crippen LogP) is 2.89. The summed E-state index contributed by atoms with van der Waals surface area (Å²) in [7, 11) is 0. The monoisotopic (exact) mass is 275 g/mol. The number of fused-ring (bicyclic) bond motifs is 1. The van der Waals surface area contributed by atoms with E-state index < -0.39 is 5.97 Å². The minimum absolute atomic E-state index is 0.118. The van der Waals surface area contributed by atoms with Crippen LogP contribution in [0.3, 0.4) is 0 Å². The van der Waals surface area contributed by atoms with E-state index in [1.807, 2.05) is 19.9 Å². The highest BCUT2D eigenvalue weighted by Crippen LogP contribution is 2.41. The smallest absolute Gasteiger partial charge is 0.358 e. The van der Waals surface area contributed by atoms with Gasteiger partial charge in [-0.1, -0.05) is 19.0 Å². The summed E-state index contributed by atoms with van der Waals surface area (Å²) in [6.07, 6.45) is 0. The van der Waals surface area contributed by atoms with E-state index in [-0.39, 0.29) is 18.4 Å². The Balaban J connectivity index is 2.13. The van der Waals surface area contributed by atoms with Crippen molar-refractivity contribution in [1.82, 2.24) is 5.16 Å². The Morgan fingerprint density at radius 3 is 2.55 bits per heavy atom. The number of benzene rings is 1. The summed E-state index contributed by atoms with van der Waals surface area (Å²) in [5.74, 6) is 0.821. The average Bonchev–Trinajstić information content (AvgIpc) is 3.05. The van der Waals surface area contributed by atoms with Gasteiger partial charge in [0.15, 0.2) is 23.0 Å². The van der Waals surface area contributed by atoms with Crippen molar-refractivity contribution in [3.63, 3.8) is 0 Å². The van der Waals surface area contributed by atoms with Crippen molar-refractivity contribution in [2.75, 3.05) is 6.79 Å². The summed E-state index contributed by atoms with van der Waals surface area (Å²) in [6, 6.07) is 5.10. The summed E-state index contributed by atoms with van der Waals surface area (Å²) < 4.78 is 15.8. The molecule has 1 N–H and O–H groups in total. The lowest BCUT2D eigenvalue weighted by atomic mass is 9.95. The molecule has 0 spiro atoms. The Kier molecular flexibility index (Phi) is 2.85. The maximum atomic E-state index is 10.9. The second-order valence-electron chi connectivity index (χ2n) is 4.83. The van der Waals surface area contributed by atoms with Gasteiger partial charge in [-0.25, -0.2) is 4.79 Å². The SMILES string of the molecule is CC(C)c1cc2c(cc1-c1cc(C(=O)O)no1)OCO2. The number of rotatable bonds is 3. The first-order chi connectivity index (χ1) is 9.56. The van der Waals surface area contributed by atoms with E-state index in [1.54, 1.807) is 6.07 Å². The summed E-state index contributed by atoms with van der Waals surface area (Å²) >= 11 is 0. The Morgan fingerprint density at radius 2 is 1.95 bits per heavy atom. The van der Waals surface area contributed by atoms with Crippen molar-refractivity contribution >= 4 is 5.97 Å². The van der Waals surface area contributed by atoms with Crippen LogP contribution in [0.15, 0.2) is 22.7 Å². The summed E-state index contributed by atoms with van der Waals surface area (Å²) in [4.78, 5) is 10.9. The van der Waals surface area contributed by atoms with Crippen molar-refractivity contribution in [2.24, 2.45) is 0 Å². The van der Waals surface area contributed by atoms with Gasteiger partial charge in [0.05, 0.1) is 0 Å². The molecule has 0 fully saturated rings. The zero-order valence-corrected chi connectivity index (χ0v) is 11.0. The normalized spacial score (nSPS) is 12.9. The third kappa shape index (κ3) is 1.99. The van der Waals surface area contributed by atoms with Gasteiger partial charge >= 0.3 is 5.97 Å². The van der Waals surface area contributed by atoms with Crippen molar-refractivity contribution < 1.29 is 23.9 Å². The number of carbonyl (C=O) groups is 1. The van der Waals surface area contributed by atoms with Gasteiger partial charge < -0.3 is 19.1 Å². The van der Waals surface area contributed by atoms with Gasteiger partial charge in [0.25, 0.3) is 0 Å². The van der Waals surface area contributed by atoms with Crippen molar-refractivity contribution in [3.8, 4) is 22.8 Å². The van der Waals surface area contributed by atoms with E-state index in [9.17, 15) is 4.79 Å². The number of aromatic carboxylic acids is 1. The van der Waals surface area contributed by atoms with Gasteiger partial charge in [0, 0.05) is 11.6 Å². The second-order valence-corrected chi connectivity index (χ2v) is 4.83. The molecule has 0 saturated carbocycles. The second kappa shape index (κ2) is 4.56. The van der Waals surface area contributed by atoms with Crippen molar-refractivity contribution in [1.29, 1.82) is 0 Å². The summed E-state index contributed by atoms with van der Waals surface area (Å²) in [5.41, 5.74) is 1.64. The van der Waals surface area contributed by atoms with E-state index in [0.717, 1.165) is 11.1 Å². The lowest BCUT2D eigenvalue weighted by Crippen LogP contribution is -1.95. The molecule has 3 rings (SSSR count). The lowest BCUT2D eigenvalue weighted by Gasteiger charge is -2.11. The first kappa shape index (κ1) is 12.5. The first-order valence-electron chi connectivity index (χ1n) is 6.20. The molecule has 0 radical (unpaired) electrons. The zero-order valence-electron chi connectivity index (χ0n) is 11.0. The maximum absolute atomic E-state index is 10.9. The number of ether oxygens (including phenoxy) is 2. The van der Waals surface area contributed by atoms with Crippen LogP contribution >= 0.6 is 0 Å². The number of aromatic nitrogens is 1. The molecule has 6 heteroatoms. The van der Waals surface area contributed by atoms with Gasteiger partial charge in [-0.05, 0) is 23.6 Å². The van der Waals surface area contributed by atoms with Gasteiger partial charge in [-0.15, -0.1) is 0 Å². The van der Waals surface area contributed by atoms with E-state index >= 15 is 0 Å². The fraction of sp³-hybridized carbons (Fsp3) is 0.286. The third-order valence-corrected chi connectivity index (χ3v) is 3.16. The van der Waals surface area contributed by atoms with Gasteiger partial charge in [0.2, 0.25) is 6.79 Å². The average molecular weight is 275 g/mol. The lowest BCUT2D eigenvalue weighted by molar-refractivity contribution is 0.0686. The highest BCUT2D eigenvalue weighted by Gasteiger charge is 2.22. The quantitative estimate of drug-likeness (QED) is 0.927. The van der Waals surface area contributed by atoms with Crippen LogP contribution in [0.2, 0.25) is 0 Å². The van der Waals surface area contributed by atoms with Crippen LogP contribution in [0.1, 0.15) is 35.8 Å². The van der Waals surface area contributed by atoms with Crippen LogP contribution in [0.4, 0.5) is 0 Å². The number of hydrogen-bond acceptors (Lipinski definition) is 5. The number of hydrogen-bond donors (Lipinski definition) is 1. The molecule has 6 nitrogen and oxygen atoms in total. The van der Waals surface area contributed by atoms with Crippen LogP contribution in [-0.2, 0) is 0 Å². The van der Waals surface area contributed by atoms with E-state index in [1.165, 1.54) is 6.07 Å². The molecular weight excluding hydrogens is 262 g/mol. The van der Waals surface area contributed by atoms with Crippen molar-refractivity contribution in [2.45, 2.75) is 19.8 Å². The molecule has 0 aliphatic carbocycles. The van der Waals surface area contributed by atoms with E-state index in [4.69, 9.17) is 19.1 Å². The standard InChI is InChI=1S/C14H13NO5/c1-7(2)8-3-12-13(19-6-18-12)4-9(8)11-5-10(14(16)17)15-20-11/h3-5,7H,6H2,1-2H3,(H,16,17). The first-order valence-corrected chi connectivity index (χ1v) is 6.20. The molecule has 0 unspecified atom stereocenters. The largest absolute Gasteiger partial charge is 0.476 e. The van der Waals surface area contributed by atoms with E-state index in [0.29, 0.717) is 17.3 Å². The predicted molar refractivity (Wildman–Crippen MR) is 69.1 cm³/mol. The molecule has 2 heterocycles. The molecule has 0 amide bonds. The molecule has 1 aliphatic rings. The molecule has 20 heavy (non-hydrogen) atoms. The Hall–Kier alpha value is -2.50. The minimum atomic E-state index is -1.12. The van der Waals surface area contributed by atoms with Crippen molar-refractivity contribution in [3.05, 3.63) is 29.5 Å². The molecular formula is C14H13NO5. The number of carboxylic acid groups (broad SMARTS) is 1. The topological polar surface area (TPSA) is 81.8 Å². The number of carboxylic acids is 1. The molecule has 1 aromatic heterocycles. The van der Waals surface area contributed by atoms with E-state index in [2.05, 4.69) is 5.16 Å². The number of nitrogens with zero attached hydrogens (tertiary/aromatic N) is 1. The fourth-order valence-corrected chi connectivity index (χ4v) is 2.15. The Labute approximate surface area is 114 Å². The molecule has 0 bridgehead atoms. The van der Waals surface area contributed by atoms with Gasteiger partial charge in [0.1, 0.15) is 0 Å².